The molecule has 5 rings (SSSR count). The number of aryl methyl sites for hydroxylation is 4. The topological polar surface area (TPSA) is 64.0 Å². The second-order valence-electron chi connectivity index (χ2n) is 8.24. The molecule has 0 saturated carbocycles. The molecule has 0 bridgehead atoms. The molecule has 2 heterocycles. The van der Waals surface area contributed by atoms with Crippen molar-refractivity contribution >= 4 is 27.5 Å². The number of thiophene rings is 1. The molecule has 0 fully saturated rings. The predicted octanol–water partition coefficient (Wildman–Crippen LogP) is 3.70. The molecule has 0 saturated heterocycles. The Morgan fingerprint density at radius 1 is 1.17 bits per heavy atom. The third kappa shape index (κ3) is 3.39. The highest BCUT2D eigenvalue weighted by atomic mass is 32.1. The minimum atomic E-state index is -0.162. The van der Waals surface area contributed by atoms with Crippen molar-refractivity contribution in [2.24, 2.45) is 0 Å². The van der Waals surface area contributed by atoms with E-state index >= 15 is 0 Å². The first-order valence-corrected chi connectivity index (χ1v) is 11.3. The fourth-order valence-corrected chi connectivity index (χ4v) is 5.90. The fraction of sp³-hybridized carbons (Fsp3) is 0.435. The number of carbonyl (C=O) groups is 1. The summed E-state index contributed by atoms with van der Waals surface area (Å²) in [6, 6.07) is 6.45. The van der Waals surface area contributed by atoms with Crippen molar-refractivity contribution in [2.45, 2.75) is 64.5 Å². The van der Waals surface area contributed by atoms with Gasteiger partial charge in [0.05, 0.1) is 17.8 Å². The van der Waals surface area contributed by atoms with Gasteiger partial charge in [0.1, 0.15) is 11.4 Å². The summed E-state index contributed by atoms with van der Waals surface area (Å²) >= 11 is 1.62. The van der Waals surface area contributed by atoms with Gasteiger partial charge in [0, 0.05) is 4.88 Å². The zero-order chi connectivity index (χ0) is 20.0. The number of hydrogen-bond donors (Lipinski definition) is 1. The molecule has 1 aromatic carbocycles. The molecule has 1 N–H and O–H groups in total. The molecule has 0 radical (unpaired) electrons. The Kier molecular flexibility index (Phi) is 4.74. The van der Waals surface area contributed by atoms with Crippen molar-refractivity contribution in [3.63, 3.8) is 0 Å². The lowest BCUT2D eigenvalue weighted by atomic mass is 9.89. The van der Waals surface area contributed by atoms with Crippen LogP contribution in [0.1, 0.15) is 59.4 Å². The van der Waals surface area contributed by atoms with Gasteiger partial charge in [0.15, 0.2) is 0 Å². The van der Waals surface area contributed by atoms with Crippen molar-refractivity contribution in [3.8, 4) is 0 Å². The quantitative estimate of drug-likeness (QED) is 0.717. The van der Waals surface area contributed by atoms with E-state index < -0.39 is 0 Å². The largest absolute Gasteiger partial charge is 0.348 e. The lowest BCUT2D eigenvalue weighted by Crippen LogP contribution is -2.34. The molecule has 1 atom stereocenters. The molecular weight excluding hydrogens is 382 g/mol. The predicted molar refractivity (Wildman–Crippen MR) is 116 cm³/mol. The van der Waals surface area contributed by atoms with Gasteiger partial charge in [-0.05, 0) is 74.1 Å². The lowest BCUT2D eigenvalue weighted by molar-refractivity contribution is -0.122. The van der Waals surface area contributed by atoms with Crippen LogP contribution in [0.2, 0.25) is 0 Å². The molecule has 150 valence electrons. The highest BCUT2D eigenvalue weighted by molar-refractivity contribution is 7.18. The van der Waals surface area contributed by atoms with E-state index in [0.717, 1.165) is 53.4 Å². The van der Waals surface area contributed by atoms with Crippen LogP contribution in [0.3, 0.4) is 0 Å². The van der Waals surface area contributed by atoms with E-state index in [-0.39, 0.29) is 24.1 Å². The summed E-state index contributed by atoms with van der Waals surface area (Å²) < 4.78 is 1.45. The minimum Gasteiger partial charge on any atom is -0.348 e. The van der Waals surface area contributed by atoms with Gasteiger partial charge in [0.2, 0.25) is 5.91 Å². The van der Waals surface area contributed by atoms with Gasteiger partial charge in [-0.1, -0.05) is 18.2 Å². The molecule has 1 amide bonds. The van der Waals surface area contributed by atoms with Gasteiger partial charge in [-0.15, -0.1) is 11.3 Å². The number of amides is 1. The van der Waals surface area contributed by atoms with E-state index in [9.17, 15) is 9.59 Å². The Hall–Kier alpha value is -2.47. The first-order chi connectivity index (χ1) is 14.1. The van der Waals surface area contributed by atoms with Crippen LogP contribution in [0.25, 0.3) is 10.2 Å². The summed E-state index contributed by atoms with van der Waals surface area (Å²) in [5.74, 6) is -0.162. The van der Waals surface area contributed by atoms with Gasteiger partial charge in [-0.3, -0.25) is 14.2 Å². The summed E-state index contributed by atoms with van der Waals surface area (Å²) in [4.78, 5) is 32.1. The highest BCUT2D eigenvalue weighted by Crippen LogP contribution is 2.34. The van der Waals surface area contributed by atoms with Crippen LogP contribution < -0.4 is 10.9 Å². The van der Waals surface area contributed by atoms with Crippen molar-refractivity contribution in [1.29, 1.82) is 0 Å². The maximum atomic E-state index is 13.0. The summed E-state index contributed by atoms with van der Waals surface area (Å²) in [5, 5.41) is 3.77. The third-order valence-electron chi connectivity index (χ3n) is 6.26. The fourth-order valence-electron chi connectivity index (χ4n) is 4.68. The molecule has 2 aromatic heterocycles. The molecule has 29 heavy (non-hydrogen) atoms. The third-order valence-corrected chi connectivity index (χ3v) is 7.46. The van der Waals surface area contributed by atoms with Crippen LogP contribution in [0.4, 0.5) is 0 Å². The monoisotopic (exact) mass is 407 g/mol. The van der Waals surface area contributed by atoms with Crippen LogP contribution in [0, 0.1) is 0 Å². The SMILES string of the molecule is CC(NC(=O)Cn1cnc2sc3c(c2c1=O)CCC3)c1ccc2c(c1)CCCC2. The van der Waals surface area contributed by atoms with Gasteiger partial charge in [0.25, 0.3) is 5.56 Å². The molecule has 6 heteroatoms. The van der Waals surface area contributed by atoms with Gasteiger partial charge >= 0.3 is 0 Å². The number of benzene rings is 1. The standard InChI is InChI=1S/C23H25N3O2S/c1-14(16-10-9-15-5-2-3-6-17(15)11-16)25-20(27)12-26-13-24-22-21(23(26)28)18-7-4-8-19(18)29-22/h9-11,13-14H,2-8,12H2,1H3,(H,25,27). The second-order valence-corrected chi connectivity index (χ2v) is 9.32. The Balaban J connectivity index is 1.33. The van der Waals surface area contributed by atoms with Crippen LogP contribution in [-0.4, -0.2) is 15.5 Å². The van der Waals surface area contributed by atoms with E-state index in [4.69, 9.17) is 0 Å². The van der Waals surface area contributed by atoms with E-state index in [2.05, 4.69) is 28.5 Å². The first kappa shape index (κ1) is 18.6. The van der Waals surface area contributed by atoms with Crippen LogP contribution in [-0.2, 0) is 37.0 Å². The first-order valence-electron chi connectivity index (χ1n) is 10.5. The molecule has 2 aliphatic rings. The van der Waals surface area contributed by atoms with E-state index in [1.54, 1.807) is 11.3 Å². The van der Waals surface area contributed by atoms with Crippen LogP contribution >= 0.6 is 11.3 Å². The van der Waals surface area contributed by atoms with Crippen molar-refractivity contribution < 1.29 is 4.79 Å². The van der Waals surface area contributed by atoms with E-state index in [1.807, 2.05) is 6.92 Å². The lowest BCUT2D eigenvalue weighted by Gasteiger charge is -2.20. The van der Waals surface area contributed by atoms with Crippen molar-refractivity contribution in [3.05, 3.63) is 62.0 Å². The minimum absolute atomic E-state index is 0.00166. The molecular formula is C23H25N3O2S. The molecule has 0 spiro atoms. The van der Waals surface area contributed by atoms with Crippen LogP contribution in [0.15, 0.2) is 29.3 Å². The van der Waals surface area contributed by atoms with E-state index in [0.29, 0.717) is 0 Å². The average molecular weight is 408 g/mol. The highest BCUT2D eigenvalue weighted by Gasteiger charge is 2.22. The van der Waals surface area contributed by atoms with Crippen molar-refractivity contribution in [2.75, 3.05) is 0 Å². The Bertz CT molecular complexity index is 1160. The zero-order valence-electron chi connectivity index (χ0n) is 16.7. The average Bonchev–Trinajstić information content (AvgIpc) is 3.31. The molecule has 0 aliphatic heterocycles. The maximum absolute atomic E-state index is 13.0. The Labute approximate surface area is 173 Å². The van der Waals surface area contributed by atoms with Crippen LogP contribution in [0.5, 0.6) is 0 Å². The summed E-state index contributed by atoms with van der Waals surface area (Å²) in [6.45, 7) is 2.00. The summed E-state index contributed by atoms with van der Waals surface area (Å²) in [5.41, 5.74) is 5.03. The van der Waals surface area contributed by atoms with E-state index in [1.165, 1.54) is 39.7 Å². The smallest absolute Gasteiger partial charge is 0.262 e. The number of carbonyl (C=O) groups excluding carboxylic acids is 1. The number of rotatable bonds is 4. The normalized spacial score (nSPS) is 16.4. The molecule has 1 unspecified atom stereocenters. The van der Waals surface area contributed by atoms with Gasteiger partial charge in [-0.25, -0.2) is 4.98 Å². The second kappa shape index (κ2) is 7.41. The Morgan fingerprint density at radius 3 is 2.86 bits per heavy atom. The number of aromatic nitrogens is 2. The summed E-state index contributed by atoms with van der Waals surface area (Å²) in [7, 11) is 0. The maximum Gasteiger partial charge on any atom is 0.262 e. The number of nitrogens with zero attached hydrogens (tertiary/aromatic N) is 2. The number of fused-ring (bicyclic) bond motifs is 4. The molecule has 5 nitrogen and oxygen atoms in total. The molecule has 3 aromatic rings. The van der Waals surface area contributed by atoms with Gasteiger partial charge < -0.3 is 5.32 Å². The van der Waals surface area contributed by atoms with Gasteiger partial charge in [-0.2, -0.15) is 0 Å². The van der Waals surface area contributed by atoms with Crippen molar-refractivity contribution in [1.82, 2.24) is 14.9 Å². The molecule has 2 aliphatic carbocycles. The number of hydrogen-bond acceptors (Lipinski definition) is 4. The number of nitrogens with one attached hydrogen (secondary N) is 1. The Morgan fingerprint density at radius 2 is 2.00 bits per heavy atom. The zero-order valence-corrected chi connectivity index (χ0v) is 17.5. The summed E-state index contributed by atoms with van der Waals surface area (Å²) in [6.07, 6.45) is 9.37.